The van der Waals surface area contributed by atoms with Crippen LogP contribution in [0.25, 0.3) is 0 Å². The molecule has 0 fully saturated rings. The van der Waals surface area contributed by atoms with Crippen LogP contribution in [0.2, 0.25) is 5.02 Å². The first-order chi connectivity index (χ1) is 12.2. The van der Waals surface area contributed by atoms with Crippen molar-refractivity contribution in [2.24, 2.45) is 4.99 Å². The molecule has 0 saturated carbocycles. The third-order valence-corrected chi connectivity index (χ3v) is 4.67. The fourth-order valence-corrected chi connectivity index (χ4v) is 3.03. The molecular formula is C22H18ClNS. The molecule has 25 heavy (non-hydrogen) atoms. The molecular weight excluding hydrogens is 346 g/mol. The number of benzene rings is 3. The van der Waals surface area contributed by atoms with Crippen LogP contribution in [0.4, 0.5) is 5.69 Å². The Morgan fingerprint density at radius 2 is 1.56 bits per heavy atom. The molecule has 0 heterocycles. The number of nitrogens with zero attached hydrogens (tertiary/aromatic N) is 1. The van der Waals surface area contributed by atoms with E-state index in [4.69, 9.17) is 16.6 Å². The van der Waals surface area contributed by atoms with Gasteiger partial charge < -0.3 is 0 Å². The van der Waals surface area contributed by atoms with Crippen LogP contribution in [-0.4, -0.2) is 5.71 Å². The molecule has 0 unspecified atom stereocenters. The van der Waals surface area contributed by atoms with E-state index in [9.17, 15) is 0 Å². The van der Waals surface area contributed by atoms with Gasteiger partial charge in [-0.3, -0.25) is 0 Å². The molecule has 0 aliphatic rings. The van der Waals surface area contributed by atoms with Crippen molar-refractivity contribution in [3.63, 3.8) is 0 Å². The first-order valence-corrected chi connectivity index (χ1v) is 9.26. The Morgan fingerprint density at radius 1 is 0.880 bits per heavy atom. The van der Waals surface area contributed by atoms with E-state index in [-0.39, 0.29) is 0 Å². The minimum Gasteiger partial charge on any atom is -0.248 e. The Morgan fingerprint density at radius 3 is 2.24 bits per heavy atom. The van der Waals surface area contributed by atoms with E-state index in [0.717, 1.165) is 26.9 Å². The SMILES string of the molecule is Cc1ccc(C(C=CSc2ccc(Cl)cc2)=Nc2ccccc2)cc1. The summed E-state index contributed by atoms with van der Waals surface area (Å²) in [6.45, 7) is 2.09. The molecule has 0 bridgehead atoms. The summed E-state index contributed by atoms with van der Waals surface area (Å²) in [5, 5.41) is 2.81. The molecule has 3 rings (SSSR count). The second-order valence-corrected chi connectivity index (χ2v) is 6.99. The van der Waals surface area contributed by atoms with Crippen LogP contribution in [0.5, 0.6) is 0 Å². The lowest BCUT2D eigenvalue weighted by atomic mass is 10.1. The second kappa shape index (κ2) is 8.70. The van der Waals surface area contributed by atoms with E-state index in [0.29, 0.717) is 0 Å². The van der Waals surface area contributed by atoms with Crippen molar-refractivity contribution in [1.29, 1.82) is 0 Å². The van der Waals surface area contributed by atoms with Crippen molar-refractivity contribution in [3.8, 4) is 0 Å². The Bertz CT molecular complexity index is 866. The zero-order valence-corrected chi connectivity index (χ0v) is 15.5. The topological polar surface area (TPSA) is 12.4 Å². The average molecular weight is 364 g/mol. The Labute approximate surface area is 158 Å². The summed E-state index contributed by atoms with van der Waals surface area (Å²) in [4.78, 5) is 5.94. The zero-order valence-electron chi connectivity index (χ0n) is 13.9. The van der Waals surface area contributed by atoms with Crippen molar-refractivity contribution in [2.75, 3.05) is 0 Å². The van der Waals surface area contributed by atoms with Crippen molar-refractivity contribution in [2.45, 2.75) is 11.8 Å². The third kappa shape index (κ3) is 5.35. The fourth-order valence-electron chi connectivity index (χ4n) is 2.25. The van der Waals surface area contributed by atoms with Crippen LogP contribution in [-0.2, 0) is 0 Å². The Hall–Kier alpha value is -2.29. The summed E-state index contributed by atoms with van der Waals surface area (Å²) in [5.41, 5.74) is 4.22. The van der Waals surface area contributed by atoms with Gasteiger partial charge >= 0.3 is 0 Å². The molecule has 0 aliphatic carbocycles. The lowest BCUT2D eigenvalue weighted by Gasteiger charge is -2.04. The number of allylic oxidation sites excluding steroid dienone is 1. The monoisotopic (exact) mass is 363 g/mol. The molecule has 0 aliphatic heterocycles. The van der Waals surface area contributed by atoms with Gasteiger partial charge in [0.25, 0.3) is 0 Å². The minimum absolute atomic E-state index is 0.749. The molecule has 0 atom stereocenters. The number of hydrogen-bond acceptors (Lipinski definition) is 2. The highest BCUT2D eigenvalue weighted by Crippen LogP contribution is 2.22. The van der Waals surface area contributed by atoms with Gasteiger partial charge in [-0.1, -0.05) is 71.4 Å². The number of halogens is 1. The van der Waals surface area contributed by atoms with E-state index in [2.05, 4.69) is 42.7 Å². The summed E-state index contributed by atoms with van der Waals surface area (Å²) >= 11 is 7.58. The lowest BCUT2D eigenvalue weighted by Crippen LogP contribution is -1.96. The molecule has 0 spiro atoms. The highest BCUT2D eigenvalue weighted by atomic mass is 35.5. The van der Waals surface area contributed by atoms with Gasteiger partial charge in [0.05, 0.1) is 11.4 Å². The summed E-state index contributed by atoms with van der Waals surface area (Å²) in [7, 11) is 0. The van der Waals surface area contributed by atoms with Crippen LogP contribution in [0, 0.1) is 6.92 Å². The standard InChI is InChI=1S/C22H18ClNS/c1-17-7-9-18(10-8-17)22(24-20-5-3-2-4-6-20)15-16-25-21-13-11-19(23)12-14-21/h2-16H,1H3. The number of para-hydroxylation sites is 1. The van der Waals surface area contributed by atoms with Crippen LogP contribution < -0.4 is 0 Å². The zero-order chi connectivity index (χ0) is 17.5. The van der Waals surface area contributed by atoms with Crippen LogP contribution in [0.3, 0.4) is 0 Å². The molecule has 0 N–H and O–H groups in total. The summed E-state index contributed by atoms with van der Waals surface area (Å²) in [6.07, 6.45) is 2.05. The van der Waals surface area contributed by atoms with Crippen molar-refractivity contribution in [3.05, 3.63) is 106 Å². The first kappa shape index (κ1) is 17.5. The van der Waals surface area contributed by atoms with Gasteiger partial charge in [0.15, 0.2) is 0 Å². The quantitative estimate of drug-likeness (QED) is 0.348. The number of aliphatic imine (C=N–C) groups is 1. The molecule has 0 radical (unpaired) electrons. The third-order valence-electron chi connectivity index (χ3n) is 3.60. The van der Waals surface area contributed by atoms with Crippen molar-refractivity contribution >= 4 is 34.8 Å². The van der Waals surface area contributed by atoms with E-state index >= 15 is 0 Å². The van der Waals surface area contributed by atoms with E-state index in [1.165, 1.54) is 5.56 Å². The summed E-state index contributed by atoms with van der Waals surface area (Å²) < 4.78 is 0. The predicted molar refractivity (Wildman–Crippen MR) is 110 cm³/mol. The van der Waals surface area contributed by atoms with Gasteiger partial charge in [-0.15, -0.1) is 0 Å². The maximum atomic E-state index is 5.93. The lowest BCUT2D eigenvalue weighted by molar-refractivity contribution is 1.45. The van der Waals surface area contributed by atoms with Crippen LogP contribution in [0.15, 0.2) is 100 Å². The van der Waals surface area contributed by atoms with Gasteiger partial charge in [-0.05, 0) is 54.8 Å². The maximum absolute atomic E-state index is 5.93. The molecule has 124 valence electrons. The van der Waals surface area contributed by atoms with E-state index in [1.54, 1.807) is 11.8 Å². The number of aryl methyl sites for hydroxylation is 1. The Kier molecular flexibility index (Phi) is 6.10. The number of hydrogen-bond donors (Lipinski definition) is 0. The molecule has 0 amide bonds. The smallest absolute Gasteiger partial charge is 0.0714 e. The molecule has 0 aromatic heterocycles. The van der Waals surface area contributed by atoms with Gasteiger partial charge in [0.1, 0.15) is 0 Å². The number of thioether (sulfide) groups is 1. The van der Waals surface area contributed by atoms with Crippen LogP contribution >= 0.6 is 23.4 Å². The summed E-state index contributed by atoms with van der Waals surface area (Å²) in [6, 6.07) is 26.3. The first-order valence-electron chi connectivity index (χ1n) is 8.00. The highest BCUT2D eigenvalue weighted by molar-refractivity contribution is 8.02. The number of rotatable bonds is 5. The Balaban J connectivity index is 1.85. The van der Waals surface area contributed by atoms with Crippen molar-refractivity contribution in [1.82, 2.24) is 0 Å². The molecule has 1 nitrogen and oxygen atoms in total. The fraction of sp³-hybridized carbons (Fsp3) is 0.0455. The molecule has 0 saturated heterocycles. The maximum Gasteiger partial charge on any atom is 0.0714 e. The van der Waals surface area contributed by atoms with Gasteiger partial charge in [-0.2, -0.15) is 0 Å². The molecule has 3 heteroatoms. The van der Waals surface area contributed by atoms with Gasteiger partial charge in [-0.25, -0.2) is 4.99 Å². The van der Waals surface area contributed by atoms with E-state index in [1.807, 2.05) is 54.6 Å². The molecule has 3 aromatic carbocycles. The predicted octanol–water partition coefficient (Wildman–Crippen LogP) is 7.08. The van der Waals surface area contributed by atoms with Crippen LogP contribution in [0.1, 0.15) is 11.1 Å². The summed E-state index contributed by atoms with van der Waals surface area (Å²) in [5.74, 6) is 0. The van der Waals surface area contributed by atoms with E-state index < -0.39 is 0 Å². The largest absolute Gasteiger partial charge is 0.248 e. The van der Waals surface area contributed by atoms with Gasteiger partial charge in [0.2, 0.25) is 0 Å². The highest BCUT2D eigenvalue weighted by Gasteiger charge is 2.01. The normalized spacial score (nSPS) is 11.8. The molecule has 3 aromatic rings. The van der Waals surface area contributed by atoms with Gasteiger partial charge in [0, 0.05) is 15.5 Å². The second-order valence-electron chi connectivity index (χ2n) is 5.57. The van der Waals surface area contributed by atoms with Crippen molar-refractivity contribution < 1.29 is 0 Å². The minimum atomic E-state index is 0.749. The average Bonchev–Trinajstić information content (AvgIpc) is 2.64.